The molecule has 1 aromatic carbocycles. The summed E-state index contributed by atoms with van der Waals surface area (Å²) >= 11 is 2.19. The molecular formula is C10H9LiO. The zero-order valence-electron chi connectivity index (χ0n) is 7.37. The molecule has 12 heavy (non-hydrogen) atoms. The third-order valence-electron chi connectivity index (χ3n) is 2.34. The van der Waals surface area contributed by atoms with Gasteiger partial charge in [-0.1, -0.05) is 0 Å². The van der Waals surface area contributed by atoms with Gasteiger partial charge in [-0.3, -0.25) is 0 Å². The molecule has 0 bridgehead atoms. The number of hydrogen-bond donors (Lipinski definition) is 0. The molecule has 0 fully saturated rings. The average Bonchev–Trinajstić information content (AvgIpc) is 2.44. The van der Waals surface area contributed by atoms with Crippen molar-refractivity contribution in [1.82, 2.24) is 0 Å². The number of hydrogen-bond acceptors (Lipinski definition) is 1. The zero-order chi connectivity index (χ0) is 8.55. The first kappa shape index (κ1) is 7.98. The molecule has 0 aromatic heterocycles. The van der Waals surface area contributed by atoms with Gasteiger partial charge >= 0.3 is 81.4 Å². The van der Waals surface area contributed by atoms with E-state index in [2.05, 4.69) is 42.0 Å². The van der Waals surface area contributed by atoms with Crippen LogP contribution in [-0.2, 0) is 4.74 Å². The molecule has 1 aromatic rings. The molecule has 0 heterocycles. The molecule has 1 unspecified atom stereocenters. The number of allylic oxidation sites excluding steroid dienone is 1. The minimum absolute atomic E-state index is 0.496. The third kappa shape index (κ3) is 1.10. The maximum absolute atomic E-state index is 5.27. The van der Waals surface area contributed by atoms with E-state index in [0.717, 1.165) is 5.76 Å². The van der Waals surface area contributed by atoms with Gasteiger partial charge in [-0.15, -0.1) is 0 Å². The van der Waals surface area contributed by atoms with Crippen LogP contribution in [-0.4, -0.2) is 24.8 Å². The summed E-state index contributed by atoms with van der Waals surface area (Å²) < 4.78 is 5.77. The van der Waals surface area contributed by atoms with Crippen LogP contribution in [0, 0.1) is 0 Å². The number of fused-ring (bicyclic) bond motifs is 1. The molecule has 1 nitrogen and oxygen atoms in total. The molecule has 1 atom stereocenters. The summed E-state index contributed by atoms with van der Waals surface area (Å²) in [6.45, 7) is 0. The average molecular weight is 152 g/mol. The molecule has 1 aliphatic carbocycles. The van der Waals surface area contributed by atoms with Crippen LogP contribution in [0.5, 0.6) is 0 Å². The second-order valence-electron chi connectivity index (χ2n) is 3.11. The summed E-state index contributed by atoms with van der Waals surface area (Å²) in [5.41, 5.74) is 2.61. The number of benzene rings is 1. The number of methoxy groups -OCH3 is 1. The standard InChI is InChI=1S/C10H9O.Li/c1-11-10-7-6-8-4-2-3-5-9(8)10;/h2-7H,1H3;. The molecule has 0 saturated heterocycles. The van der Waals surface area contributed by atoms with E-state index in [-0.39, 0.29) is 0 Å². The van der Waals surface area contributed by atoms with Gasteiger partial charge in [0.2, 0.25) is 0 Å². The molecule has 0 radical (unpaired) electrons. The first-order valence-corrected chi connectivity index (χ1v) is 4.18. The van der Waals surface area contributed by atoms with Gasteiger partial charge in [-0.05, 0) is 0 Å². The Labute approximate surface area is 81.6 Å². The van der Waals surface area contributed by atoms with Crippen LogP contribution in [0.15, 0.2) is 30.3 Å². The van der Waals surface area contributed by atoms with Crippen LogP contribution < -0.4 is 0 Å². The van der Waals surface area contributed by atoms with E-state index in [1.807, 2.05) is 6.07 Å². The Morgan fingerprint density at radius 3 is 2.83 bits per heavy atom. The van der Waals surface area contributed by atoms with E-state index < -0.39 is 0 Å². The van der Waals surface area contributed by atoms with Crippen LogP contribution in [0.2, 0.25) is 0 Å². The van der Waals surface area contributed by atoms with Crippen molar-refractivity contribution in [3.05, 3.63) is 41.5 Å². The van der Waals surface area contributed by atoms with Gasteiger partial charge in [-0.2, -0.15) is 0 Å². The van der Waals surface area contributed by atoms with Gasteiger partial charge < -0.3 is 0 Å². The molecule has 0 aliphatic heterocycles. The SMILES string of the molecule is [Li][CH]1C=C(OC)c2ccccc21. The summed E-state index contributed by atoms with van der Waals surface area (Å²) in [6, 6.07) is 8.38. The molecule has 0 saturated carbocycles. The fourth-order valence-corrected chi connectivity index (χ4v) is 1.70. The predicted molar refractivity (Wildman–Crippen MR) is 49.9 cm³/mol. The first-order valence-electron chi connectivity index (χ1n) is 4.18. The van der Waals surface area contributed by atoms with Crippen molar-refractivity contribution in [2.45, 2.75) is 4.59 Å². The minimum atomic E-state index is 0.496. The summed E-state index contributed by atoms with van der Waals surface area (Å²) in [4.78, 5) is 0. The van der Waals surface area contributed by atoms with Crippen molar-refractivity contribution in [3.8, 4) is 0 Å². The normalized spacial score (nSPS) is 20.2. The van der Waals surface area contributed by atoms with E-state index in [4.69, 9.17) is 4.74 Å². The Morgan fingerprint density at radius 1 is 1.33 bits per heavy atom. The zero-order valence-corrected chi connectivity index (χ0v) is 7.37. The molecule has 1 aliphatic rings. The molecule has 0 amide bonds. The predicted octanol–water partition coefficient (Wildman–Crippen LogP) is 1.90. The van der Waals surface area contributed by atoms with Gasteiger partial charge in [0, 0.05) is 0 Å². The molecule has 2 heteroatoms. The molecule has 56 valence electrons. The second kappa shape index (κ2) is 3.01. The van der Waals surface area contributed by atoms with Gasteiger partial charge in [0.25, 0.3) is 0 Å². The molecule has 2 rings (SSSR count). The van der Waals surface area contributed by atoms with Gasteiger partial charge in [0.1, 0.15) is 0 Å². The number of rotatable bonds is 1. The Bertz CT molecular complexity index is 330. The van der Waals surface area contributed by atoms with Crippen molar-refractivity contribution in [3.63, 3.8) is 0 Å². The first-order chi connectivity index (χ1) is 5.83. The summed E-state index contributed by atoms with van der Waals surface area (Å²) in [7, 11) is 1.72. The van der Waals surface area contributed by atoms with E-state index in [1.165, 1.54) is 11.1 Å². The van der Waals surface area contributed by atoms with Crippen molar-refractivity contribution in [1.29, 1.82) is 0 Å². The molecular weight excluding hydrogens is 143 g/mol. The van der Waals surface area contributed by atoms with Crippen molar-refractivity contribution < 1.29 is 4.74 Å². The topological polar surface area (TPSA) is 9.23 Å². The van der Waals surface area contributed by atoms with E-state index in [9.17, 15) is 0 Å². The van der Waals surface area contributed by atoms with Crippen LogP contribution in [0.1, 0.15) is 15.7 Å². The van der Waals surface area contributed by atoms with Gasteiger partial charge in [0.15, 0.2) is 0 Å². The van der Waals surface area contributed by atoms with E-state index in [1.54, 1.807) is 7.11 Å². The van der Waals surface area contributed by atoms with Gasteiger partial charge in [0.05, 0.1) is 0 Å². The summed E-state index contributed by atoms with van der Waals surface area (Å²) in [6.07, 6.45) is 2.16. The van der Waals surface area contributed by atoms with Crippen LogP contribution in [0.3, 0.4) is 0 Å². The Hall–Kier alpha value is -0.643. The Morgan fingerprint density at radius 2 is 2.08 bits per heavy atom. The molecule has 0 spiro atoms. The van der Waals surface area contributed by atoms with Crippen molar-refractivity contribution >= 4 is 23.5 Å². The molecule has 0 N–H and O–H groups in total. The monoisotopic (exact) mass is 152 g/mol. The Balaban J connectivity index is 2.53. The fourth-order valence-electron chi connectivity index (χ4n) is 1.70. The van der Waals surface area contributed by atoms with Crippen LogP contribution in [0.25, 0.3) is 5.76 Å². The summed E-state index contributed by atoms with van der Waals surface area (Å²) in [5.74, 6) is 1.01. The van der Waals surface area contributed by atoms with Gasteiger partial charge in [-0.25, -0.2) is 0 Å². The second-order valence-corrected chi connectivity index (χ2v) is 3.11. The van der Waals surface area contributed by atoms with Crippen LogP contribution >= 0.6 is 0 Å². The maximum atomic E-state index is 5.27. The van der Waals surface area contributed by atoms with E-state index >= 15 is 0 Å². The fraction of sp³-hybridized carbons (Fsp3) is 0.200. The summed E-state index contributed by atoms with van der Waals surface area (Å²) in [5, 5.41) is 0. The number of ether oxygens (including phenoxy) is 1. The third-order valence-corrected chi connectivity index (χ3v) is 2.34. The van der Waals surface area contributed by atoms with Crippen LogP contribution in [0.4, 0.5) is 0 Å². The van der Waals surface area contributed by atoms with E-state index in [0.29, 0.717) is 4.59 Å². The van der Waals surface area contributed by atoms with Crippen molar-refractivity contribution in [2.75, 3.05) is 7.11 Å². The quantitative estimate of drug-likeness (QED) is 0.558. The van der Waals surface area contributed by atoms with Crippen molar-refractivity contribution in [2.24, 2.45) is 0 Å². The Kier molecular flexibility index (Phi) is 2.00.